The molecule has 3 N–H and O–H groups in total. The molecule has 3 aromatic heterocycles. The lowest BCUT2D eigenvalue weighted by atomic mass is 10.1. The molecular formula is C23H23N7O2. The Morgan fingerprint density at radius 2 is 2.09 bits per heavy atom. The zero-order valence-electron chi connectivity index (χ0n) is 17.7. The average molecular weight is 429 g/mol. The molecule has 1 aromatic carbocycles. The first-order chi connectivity index (χ1) is 15.5. The van der Waals surface area contributed by atoms with Crippen LogP contribution in [0, 0.1) is 6.92 Å². The standard InChI is InChI=1S/C23H23N7O2/c1-14-11-27-22(26-9-7-18-6-4-5-8-25-18)23(32)30(14)21-15(2)17(12-24-13-31)10-19-20(21)16(3)28-29-19/h4-6,8,10-11,13,28H,2-3,7,9,12H2,1H3,(H,24,31)(H,26,27). The van der Waals surface area contributed by atoms with Crippen molar-refractivity contribution >= 4 is 36.3 Å². The third-order valence-corrected chi connectivity index (χ3v) is 5.23. The molecule has 162 valence electrons. The van der Waals surface area contributed by atoms with Gasteiger partial charge in [0.15, 0.2) is 5.82 Å². The lowest BCUT2D eigenvalue weighted by Gasteiger charge is -2.16. The van der Waals surface area contributed by atoms with E-state index < -0.39 is 0 Å². The van der Waals surface area contributed by atoms with Crippen LogP contribution in [-0.4, -0.2) is 37.7 Å². The van der Waals surface area contributed by atoms with Gasteiger partial charge in [-0.25, -0.2) is 4.98 Å². The Morgan fingerprint density at radius 3 is 2.84 bits per heavy atom. The van der Waals surface area contributed by atoms with Crippen LogP contribution in [0.15, 0.2) is 41.5 Å². The van der Waals surface area contributed by atoms with Crippen LogP contribution in [0.4, 0.5) is 5.82 Å². The molecule has 3 heterocycles. The summed E-state index contributed by atoms with van der Waals surface area (Å²) >= 11 is 0. The van der Waals surface area contributed by atoms with E-state index in [1.165, 1.54) is 0 Å². The van der Waals surface area contributed by atoms with Crippen LogP contribution in [0.3, 0.4) is 0 Å². The van der Waals surface area contributed by atoms with Crippen LogP contribution < -0.4 is 26.8 Å². The molecule has 0 saturated carbocycles. The van der Waals surface area contributed by atoms with Gasteiger partial charge in [0.05, 0.1) is 21.9 Å². The number of rotatable bonds is 8. The Morgan fingerprint density at radius 1 is 1.25 bits per heavy atom. The zero-order chi connectivity index (χ0) is 22.7. The van der Waals surface area contributed by atoms with Crippen molar-refractivity contribution < 1.29 is 4.79 Å². The van der Waals surface area contributed by atoms with E-state index in [9.17, 15) is 9.59 Å². The monoisotopic (exact) mass is 429 g/mol. The molecule has 0 aliphatic heterocycles. The molecule has 9 nitrogen and oxygen atoms in total. The van der Waals surface area contributed by atoms with Gasteiger partial charge in [-0.3, -0.25) is 24.2 Å². The van der Waals surface area contributed by atoms with Gasteiger partial charge in [-0.2, -0.15) is 5.10 Å². The first-order valence-electron chi connectivity index (χ1n) is 10.1. The van der Waals surface area contributed by atoms with E-state index in [-0.39, 0.29) is 17.9 Å². The minimum absolute atomic E-state index is 0.226. The number of aromatic nitrogens is 5. The highest BCUT2D eigenvalue weighted by atomic mass is 16.1. The number of hydrogen-bond donors (Lipinski definition) is 3. The Bertz CT molecular complexity index is 1440. The molecule has 32 heavy (non-hydrogen) atoms. The van der Waals surface area contributed by atoms with Gasteiger partial charge in [-0.1, -0.05) is 19.2 Å². The molecule has 4 aromatic rings. The summed E-state index contributed by atoms with van der Waals surface area (Å²) in [5, 5.41) is 14.8. The summed E-state index contributed by atoms with van der Waals surface area (Å²) in [6.45, 7) is 10.8. The van der Waals surface area contributed by atoms with Gasteiger partial charge in [0, 0.05) is 43.3 Å². The maximum Gasteiger partial charge on any atom is 0.298 e. The van der Waals surface area contributed by atoms with Gasteiger partial charge in [-0.05, 0) is 35.9 Å². The van der Waals surface area contributed by atoms with Crippen molar-refractivity contribution in [1.82, 2.24) is 30.0 Å². The van der Waals surface area contributed by atoms with Gasteiger partial charge >= 0.3 is 0 Å². The van der Waals surface area contributed by atoms with E-state index >= 15 is 0 Å². The number of fused-ring (bicyclic) bond motifs is 1. The van der Waals surface area contributed by atoms with Crippen molar-refractivity contribution in [1.29, 1.82) is 0 Å². The second-order valence-corrected chi connectivity index (χ2v) is 7.34. The number of hydrogen-bond acceptors (Lipinski definition) is 6. The second-order valence-electron chi connectivity index (χ2n) is 7.34. The third kappa shape index (κ3) is 3.87. The van der Waals surface area contributed by atoms with Gasteiger partial charge < -0.3 is 10.6 Å². The number of anilines is 1. The summed E-state index contributed by atoms with van der Waals surface area (Å²) in [7, 11) is 0. The molecular weight excluding hydrogens is 406 g/mol. The number of carbonyl (C=O) groups is 1. The highest BCUT2D eigenvalue weighted by molar-refractivity contribution is 5.88. The zero-order valence-corrected chi connectivity index (χ0v) is 17.7. The lowest BCUT2D eigenvalue weighted by molar-refractivity contribution is -0.109. The predicted molar refractivity (Wildman–Crippen MR) is 124 cm³/mol. The molecule has 0 spiro atoms. The van der Waals surface area contributed by atoms with Gasteiger partial charge in [0.1, 0.15) is 0 Å². The minimum Gasteiger partial charge on any atom is -0.365 e. The molecule has 4 rings (SSSR count). The normalized spacial score (nSPS) is 10.9. The first-order valence-corrected chi connectivity index (χ1v) is 10.1. The van der Waals surface area contributed by atoms with Crippen molar-refractivity contribution in [2.45, 2.75) is 19.9 Å². The summed E-state index contributed by atoms with van der Waals surface area (Å²) in [5.41, 5.74) is 3.20. The fourth-order valence-electron chi connectivity index (χ4n) is 3.67. The predicted octanol–water partition coefficient (Wildman–Crippen LogP) is 0.533. The van der Waals surface area contributed by atoms with E-state index in [0.29, 0.717) is 52.2 Å². The summed E-state index contributed by atoms with van der Waals surface area (Å²) in [4.78, 5) is 32.9. The molecule has 9 heteroatoms. The van der Waals surface area contributed by atoms with Crippen LogP contribution in [-0.2, 0) is 17.8 Å². The van der Waals surface area contributed by atoms with Crippen LogP contribution in [0.5, 0.6) is 0 Å². The highest BCUT2D eigenvalue weighted by Crippen LogP contribution is 2.16. The molecule has 1 amide bonds. The fraction of sp³-hybridized carbons (Fsp3) is 0.174. The molecule has 0 unspecified atom stereocenters. The van der Waals surface area contributed by atoms with Gasteiger partial charge in [-0.15, -0.1) is 0 Å². The summed E-state index contributed by atoms with van der Waals surface area (Å²) in [5.74, 6) is 0.226. The average Bonchev–Trinajstić information content (AvgIpc) is 3.16. The number of nitrogens with one attached hydrogen (secondary N) is 3. The van der Waals surface area contributed by atoms with E-state index in [1.807, 2.05) is 24.3 Å². The highest BCUT2D eigenvalue weighted by Gasteiger charge is 2.17. The van der Waals surface area contributed by atoms with Crippen molar-refractivity contribution in [3.05, 3.63) is 74.5 Å². The molecule has 0 saturated heterocycles. The first kappa shape index (κ1) is 21.0. The van der Waals surface area contributed by atoms with E-state index in [1.54, 1.807) is 23.9 Å². The van der Waals surface area contributed by atoms with Crippen molar-refractivity contribution in [2.24, 2.45) is 0 Å². The molecule has 0 aliphatic rings. The number of aryl methyl sites for hydroxylation is 1. The summed E-state index contributed by atoms with van der Waals surface area (Å²) < 4.78 is 1.56. The largest absolute Gasteiger partial charge is 0.365 e. The number of pyridine rings is 1. The van der Waals surface area contributed by atoms with Gasteiger partial charge in [0.25, 0.3) is 5.56 Å². The SMILES string of the molecule is C=c1c(CNC=O)cc2n[nH]c(=C)c2c1-n1c(C)cnc(NCCc2ccccn2)c1=O. The quantitative estimate of drug-likeness (QED) is 0.352. The number of aromatic amines is 1. The van der Waals surface area contributed by atoms with Crippen LogP contribution >= 0.6 is 0 Å². The van der Waals surface area contributed by atoms with Crippen molar-refractivity contribution in [3.63, 3.8) is 0 Å². The minimum atomic E-state index is -0.307. The smallest absolute Gasteiger partial charge is 0.298 e. The Kier molecular flexibility index (Phi) is 5.80. The molecule has 0 atom stereocenters. The Labute approximate surface area is 183 Å². The molecule has 0 fully saturated rings. The van der Waals surface area contributed by atoms with Crippen LogP contribution in [0.1, 0.15) is 17.0 Å². The Balaban J connectivity index is 1.80. The number of nitrogens with zero attached hydrogens (tertiary/aromatic N) is 4. The number of amides is 1. The van der Waals surface area contributed by atoms with E-state index in [2.05, 4.69) is 44.0 Å². The Hall–Kier alpha value is -4.27. The maximum absolute atomic E-state index is 13.5. The third-order valence-electron chi connectivity index (χ3n) is 5.23. The van der Waals surface area contributed by atoms with Crippen molar-refractivity contribution in [3.8, 4) is 5.69 Å². The lowest BCUT2D eigenvalue weighted by Crippen LogP contribution is -2.32. The number of carbonyl (C=O) groups excluding carboxylic acids is 1. The van der Waals surface area contributed by atoms with Crippen LogP contribution in [0.2, 0.25) is 0 Å². The summed E-state index contributed by atoms with van der Waals surface area (Å²) in [6, 6.07) is 7.55. The molecule has 0 bridgehead atoms. The number of H-pyrrole nitrogens is 1. The summed E-state index contributed by atoms with van der Waals surface area (Å²) in [6.07, 6.45) is 4.64. The van der Waals surface area contributed by atoms with E-state index in [0.717, 1.165) is 11.3 Å². The van der Waals surface area contributed by atoms with Gasteiger partial charge in [0.2, 0.25) is 6.41 Å². The van der Waals surface area contributed by atoms with Crippen LogP contribution in [0.25, 0.3) is 29.7 Å². The van der Waals surface area contributed by atoms with E-state index in [4.69, 9.17) is 0 Å². The molecule has 0 aliphatic carbocycles. The fourth-order valence-corrected chi connectivity index (χ4v) is 3.67. The number of benzene rings is 1. The topological polar surface area (TPSA) is 118 Å². The van der Waals surface area contributed by atoms with Crippen molar-refractivity contribution in [2.75, 3.05) is 11.9 Å². The molecule has 0 radical (unpaired) electrons. The maximum atomic E-state index is 13.5. The second kappa shape index (κ2) is 8.84.